The molecule has 0 aliphatic rings. The minimum absolute atomic E-state index is 0.601. The zero-order valence-electron chi connectivity index (χ0n) is 11.1. The van der Waals surface area contributed by atoms with Crippen molar-refractivity contribution in [1.29, 1.82) is 0 Å². The quantitative estimate of drug-likeness (QED) is 0.877. The molecule has 0 bridgehead atoms. The van der Waals surface area contributed by atoms with Gasteiger partial charge in [-0.1, -0.05) is 38.1 Å². The Morgan fingerprint density at radius 2 is 1.83 bits per heavy atom. The molecule has 0 spiro atoms. The van der Waals surface area contributed by atoms with Gasteiger partial charge in [0.15, 0.2) is 0 Å². The molecule has 96 valence electrons. The van der Waals surface area contributed by atoms with E-state index in [2.05, 4.69) is 53.9 Å². The maximum absolute atomic E-state index is 5.60. The maximum Gasteiger partial charge on any atom is 0.109 e. The van der Waals surface area contributed by atoms with E-state index in [-0.39, 0.29) is 0 Å². The largest absolute Gasteiger partial charge is 0.331 e. The fourth-order valence-electron chi connectivity index (χ4n) is 2.02. The first-order chi connectivity index (χ1) is 8.69. The Balaban J connectivity index is 2.10. The second-order valence-electron chi connectivity index (χ2n) is 5.09. The van der Waals surface area contributed by atoms with Crippen LogP contribution in [0.1, 0.15) is 30.8 Å². The van der Waals surface area contributed by atoms with E-state index in [0.717, 1.165) is 18.8 Å². The summed E-state index contributed by atoms with van der Waals surface area (Å²) in [5.41, 5.74) is 8.06. The summed E-state index contributed by atoms with van der Waals surface area (Å²) in [5.74, 6) is 1.79. The lowest BCUT2D eigenvalue weighted by atomic mass is 10.1. The highest BCUT2D eigenvalue weighted by Crippen LogP contribution is 2.10. The molecule has 0 radical (unpaired) electrons. The van der Waals surface area contributed by atoms with Crippen LogP contribution in [0, 0.1) is 5.92 Å². The van der Waals surface area contributed by atoms with Gasteiger partial charge in [-0.2, -0.15) is 0 Å². The molecular weight excluding hydrogens is 222 g/mol. The molecule has 1 aromatic carbocycles. The van der Waals surface area contributed by atoms with Crippen LogP contribution in [-0.4, -0.2) is 9.55 Å². The lowest BCUT2D eigenvalue weighted by Crippen LogP contribution is -2.07. The first-order valence-electron chi connectivity index (χ1n) is 6.47. The summed E-state index contributed by atoms with van der Waals surface area (Å²) in [6.07, 6.45) is 4.95. The summed E-state index contributed by atoms with van der Waals surface area (Å²) in [6, 6.07) is 8.46. The Bertz CT molecular complexity index is 483. The van der Waals surface area contributed by atoms with Crippen molar-refractivity contribution in [2.45, 2.75) is 33.4 Å². The standard InChI is InChI=1S/C15H21N3/c1-12(2)9-15-17-7-8-18(15)11-14-5-3-13(10-16)4-6-14/h3-8,12H,9-11,16H2,1-2H3. The van der Waals surface area contributed by atoms with E-state index >= 15 is 0 Å². The molecule has 0 aliphatic carbocycles. The van der Waals surface area contributed by atoms with Crippen LogP contribution in [0.5, 0.6) is 0 Å². The number of nitrogens with two attached hydrogens (primary N) is 1. The lowest BCUT2D eigenvalue weighted by Gasteiger charge is -2.10. The van der Waals surface area contributed by atoms with E-state index < -0.39 is 0 Å². The Kier molecular flexibility index (Phi) is 4.15. The number of imidazole rings is 1. The van der Waals surface area contributed by atoms with Gasteiger partial charge in [0, 0.05) is 31.9 Å². The van der Waals surface area contributed by atoms with Gasteiger partial charge in [0.05, 0.1) is 0 Å². The van der Waals surface area contributed by atoms with Crippen molar-refractivity contribution in [2.75, 3.05) is 0 Å². The van der Waals surface area contributed by atoms with E-state index in [9.17, 15) is 0 Å². The van der Waals surface area contributed by atoms with Crippen LogP contribution in [0.15, 0.2) is 36.7 Å². The van der Waals surface area contributed by atoms with Crippen molar-refractivity contribution in [3.63, 3.8) is 0 Å². The molecule has 3 nitrogen and oxygen atoms in total. The highest BCUT2D eigenvalue weighted by molar-refractivity contribution is 5.22. The molecule has 2 N–H and O–H groups in total. The normalized spacial score (nSPS) is 11.1. The summed E-state index contributed by atoms with van der Waals surface area (Å²) < 4.78 is 2.22. The fourth-order valence-corrected chi connectivity index (χ4v) is 2.02. The summed E-state index contributed by atoms with van der Waals surface area (Å²) in [7, 11) is 0. The molecule has 0 amide bonds. The molecule has 0 saturated carbocycles. The number of aromatic nitrogens is 2. The minimum Gasteiger partial charge on any atom is -0.331 e. The number of rotatable bonds is 5. The van der Waals surface area contributed by atoms with Gasteiger partial charge in [-0.15, -0.1) is 0 Å². The van der Waals surface area contributed by atoms with E-state index in [1.165, 1.54) is 11.1 Å². The smallest absolute Gasteiger partial charge is 0.109 e. The van der Waals surface area contributed by atoms with Crippen LogP contribution in [0.3, 0.4) is 0 Å². The molecule has 1 aromatic heterocycles. The van der Waals surface area contributed by atoms with Gasteiger partial charge in [-0.05, 0) is 17.0 Å². The van der Waals surface area contributed by atoms with Crippen molar-refractivity contribution in [3.8, 4) is 0 Å². The highest BCUT2D eigenvalue weighted by Gasteiger charge is 2.05. The number of nitrogens with zero attached hydrogens (tertiary/aromatic N) is 2. The van der Waals surface area contributed by atoms with Gasteiger partial charge in [0.2, 0.25) is 0 Å². The van der Waals surface area contributed by atoms with Crippen molar-refractivity contribution in [3.05, 3.63) is 53.6 Å². The predicted molar refractivity (Wildman–Crippen MR) is 74.2 cm³/mol. The highest BCUT2D eigenvalue weighted by atomic mass is 15.1. The first kappa shape index (κ1) is 12.8. The number of benzene rings is 1. The molecule has 0 unspecified atom stereocenters. The SMILES string of the molecule is CC(C)Cc1nccn1Cc1ccc(CN)cc1. The Labute approximate surface area is 109 Å². The minimum atomic E-state index is 0.601. The second-order valence-corrected chi connectivity index (χ2v) is 5.09. The van der Waals surface area contributed by atoms with Crippen molar-refractivity contribution in [1.82, 2.24) is 9.55 Å². The van der Waals surface area contributed by atoms with Crippen LogP contribution >= 0.6 is 0 Å². The van der Waals surface area contributed by atoms with E-state index in [4.69, 9.17) is 5.73 Å². The van der Waals surface area contributed by atoms with Crippen LogP contribution in [0.25, 0.3) is 0 Å². The fraction of sp³-hybridized carbons (Fsp3) is 0.400. The average molecular weight is 243 g/mol. The van der Waals surface area contributed by atoms with Gasteiger partial charge >= 0.3 is 0 Å². The van der Waals surface area contributed by atoms with Gasteiger partial charge < -0.3 is 10.3 Å². The van der Waals surface area contributed by atoms with E-state index in [0.29, 0.717) is 12.5 Å². The summed E-state index contributed by atoms with van der Waals surface area (Å²) in [6.45, 7) is 5.92. The summed E-state index contributed by atoms with van der Waals surface area (Å²) in [4.78, 5) is 4.43. The molecule has 0 fully saturated rings. The summed E-state index contributed by atoms with van der Waals surface area (Å²) in [5, 5.41) is 0. The molecule has 2 aromatic rings. The van der Waals surface area contributed by atoms with Crippen molar-refractivity contribution in [2.24, 2.45) is 11.7 Å². The third kappa shape index (κ3) is 3.20. The molecule has 0 saturated heterocycles. The van der Waals surface area contributed by atoms with E-state index in [1.807, 2.05) is 6.20 Å². The van der Waals surface area contributed by atoms with E-state index in [1.54, 1.807) is 0 Å². The molecular formula is C15H21N3. The summed E-state index contributed by atoms with van der Waals surface area (Å²) >= 11 is 0. The molecule has 18 heavy (non-hydrogen) atoms. The van der Waals surface area contributed by atoms with Crippen molar-refractivity contribution < 1.29 is 0 Å². The second kappa shape index (κ2) is 5.83. The number of hydrogen-bond donors (Lipinski definition) is 1. The third-order valence-electron chi connectivity index (χ3n) is 3.00. The molecule has 0 atom stereocenters. The average Bonchev–Trinajstić information content (AvgIpc) is 2.77. The van der Waals surface area contributed by atoms with Crippen LogP contribution in [0.4, 0.5) is 0 Å². The maximum atomic E-state index is 5.60. The zero-order chi connectivity index (χ0) is 13.0. The third-order valence-corrected chi connectivity index (χ3v) is 3.00. The first-order valence-corrected chi connectivity index (χ1v) is 6.47. The molecule has 1 heterocycles. The van der Waals surface area contributed by atoms with Crippen LogP contribution in [-0.2, 0) is 19.5 Å². The van der Waals surface area contributed by atoms with Gasteiger partial charge in [-0.3, -0.25) is 0 Å². The van der Waals surface area contributed by atoms with Crippen LogP contribution < -0.4 is 5.73 Å². The molecule has 0 aliphatic heterocycles. The zero-order valence-corrected chi connectivity index (χ0v) is 11.1. The topological polar surface area (TPSA) is 43.8 Å². The molecule has 2 rings (SSSR count). The van der Waals surface area contributed by atoms with Crippen LogP contribution in [0.2, 0.25) is 0 Å². The lowest BCUT2D eigenvalue weighted by molar-refractivity contribution is 0.590. The van der Waals surface area contributed by atoms with Crippen molar-refractivity contribution >= 4 is 0 Å². The Morgan fingerprint density at radius 1 is 1.17 bits per heavy atom. The predicted octanol–water partition coefficient (Wildman–Crippen LogP) is 2.59. The molecule has 3 heteroatoms. The Hall–Kier alpha value is -1.61. The monoisotopic (exact) mass is 243 g/mol. The Morgan fingerprint density at radius 3 is 2.44 bits per heavy atom. The van der Waals surface area contributed by atoms with Gasteiger partial charge in [0.25, 0.3) is 0 Å². The number of hydrogen-bond acceptors (Lipinski definition) is 2. The van der Waals surface area contributed by atoms with Gasteiger partial charge in [-0.25, -0.2) is 4.98 Å². The van der Waals surface area contributed by atoms with Gasteiger partial charge in [0.1, 0.15) is 5.82 Å².